The van der Waals surface area contributed by atoms with E-state index >= 15 is 0 Å². The minimum absolute atomic E-state index is 0.544. The first-order chi connectivity index (χ1) is 9.22. The largest absolute Gasteiger partial charge is 0.383 e. The summed E-state index contributed by atoms with van der Waals surface area (Å²) in [5.74, 6) is 0.695. The molecule has 0 atom stereocenters. The van der Waals surface area contributed by atoms with Gasteiger partial charge in [-0.1, -0.05) is 27.5 Å². The molecule has 1 N–H and O–H groups in total. The van der Waals surface area contributed by atoms with Crippen LogP contribution in [-0.2, 0) is 11.3 Å². The molecule has 8 heteroatoms. The number of hydrogen-bond donors (Lipinski definition) is 1. The van der Waals surface area contributed by atoms with Crippen LogP contribution in [-0.4, -0.2) is 40.5 Å². The molecule has 2 rings (SSSR count). The van der Waals surface area contributed by atoms with Crippen LogP contribution in [0, 0.1) is 0 Å². The minimum atomic E-state index is 0.544. The molecule has 1 aromatic heterocycles. The van der Waals surface area contributed by atoms with Gasteiger partial charge in [-0.3, -0.25) is 0 Å². The van der Waals surface area contributed by atoms with Crippen molar-refractivity contribution in [1.29, 1.82) is 0 Å². The summed E-state index contributed by atoms with van der Waals surface area (Å²) in [5, 5.41) is 15.4. The molecule has 0 amide bonds. The van der Waals surface area contributed by atoms with Crippen molar-refractivity contribution in [3.8, 4) is 5.69 Å². The van der Waals surface area contributed by atoms with E-state index in [4.69, 9.17) is 16.3 Å². The SMILES string of the molecule is COCCNCc1nnnn1-c1ccc(Br)cc1Cl. The Morgan fingerprint density at radius 1 is 1.47 bits per heavy atom. The normalized spacial score (nSPS) is 10.9. The maximum atomic E-state index is 6.19. The maximum Gasteiger partial charge on any atom is 0.170 e. The van der Waals surface area contributed by atoms with Crippen LogP contribution in [0.4, 0.5) is 0 Å². The van der Waals surface area contributed by atoms with Crippen molar-refractivity contribution < 1.29 is 4.74 Å². The Morgan fingerprint density at radius 3 is 3.05 bits per heavy atom. The van der Waals surface area contributed by atoms with Crippen LogP contribution >= 0.6 is 27.5 Å². The Bertz CT molecular complexity index is 548. The second-order valence-electron chi connectivity index (χ2n) is 3.77. The van der Waals surface area contributed by atoms with E-state index in [1.165, 1.54) is 0 Å². The van der Waals surface area contributed by atoms with Gasteiger partial charge in [0.05, 0.1) is 23.9 Å². The first-order valence-corrected chi connectivity index (χ1v) is 6.82. The number of ether oxygens (including phenoxy) is 1. The summed E-state index contributed by atoms with van der Waals surface area (Å²) in [4.78, 5) is 0. The van der Waals surface area contributed by atoms with Gasteiger partial charge in [0, 0.05) is 18.1 Å². The Balaban J connectivity index is 2.14. The number of nitrogens with zero attached hydrogens (tertiary/aromatic N) is 4. The van der Waals surface area contributed by atoms with Crippen LogP contribution in [0.15, 0.2) is 22.7 Å². The quantitative estimate of drug-likeness (QED) is 0.808. The topological polar surface area (TPSA) is 64.9 Å². The second kappa shape index (κ2) is 6.95. The average Bonchev–Trinajstić information content (AvgIpc) is 2.83. The van der Waals surface area contributed by atoms with Crippen molar-refractivity contribution in [1.82, 2.24) is 25.5 Å². The van der Waals surface area contributed by atoms with Gasteiger partial charge in [0.15, 0.2) is 5.82 Å². The van der Waals surface area contributed by atoms with E-state index in [0.717, 1.165) is 16.7 Å². The highest BCUT2D eigenvalue weighted by molar-refractivity contribution is 9.10. The molecule has 0 saturated carbocycles. The third kappa shape index (κ3) is 3.73. The molecule has 0 bridgehead atoms. The summed E-state index contributed by atoms with van der Waals surface area (Å²) in [7, 11) is 1.66. The molecule has 19 heavy (non-hydrogen) atoms. The summed E-state index contributed by atoms with van der Waals surface area (Å²) in [5.41, 5.74) is 0.749. The van der Waals surface area contributed by atoms with E-state index in [1.807, 2.05) is 12.1 Å². The predicted octanol–water partition coefficient (Wildman–Crippen LogP) is 1.81. The summed E-state index contributed by atoms with van der Waals surface area (Å²) < 4.78 is 7.49. The average molecular weight is 347 g/mol. The first-order valence-electron chi connectivity index (χ1n) is 5.64. The highest BCUT2D eigenvalue weighted by Crippen LogP contribution is 2.24. The Morgan fingerprint density at radius 2 is 2.32 bits per heavy atom. The summed E-state index contributed by atoms with van der Waals surface area (Å²) in [6.45, 7) is 1.92. The molecule has 0 aliphatic heterocycles. The molecule has 102 valence electrons. The van der Waals surface area contributed by atoms with Crippen molar-refractivity contribution in [2.45, 2.75) is 6.54 Å². The van der Waals surface area contributed by atoms with Crippen molar-refractivity contribution in [3.05, 3.63) is 33.5 Å². The van der Waals surface area contributed by atoms with E-state index in [1.54, 1.807) is 17.9 Å². The van der Waals surface area contributed by atoms with Gasteiger partial charge >= 0.3 is 0 Å². The lowest BCUT2D eigenvalue weighted by atomic mass is 10.3. The molecule has 2 aromatic rings. The molecule has 0 aliphatic rings. The maximum absolute atomic E-state index is 6.19. The lowest BCUT2D eigenvalue weighted by Crippen LogP contribution is -2.21. The standard InChI is InChI=1S/C11H13BrClN5O/c1-19-5-4-14-7-11-15-16-17-18(11)10-3-2-8(12)6-9(10)13/h2-3,6,14H,4-5,7H2,1H3. The van der Waals surface area contributed by atoms with E-state index in [9.17, 15) is 0 Å². The molecule has 0 fully saturated rings. The van der Waals surface area contributed by atoms with Gasteiger partial charge in [0.1, 0.15) is 0 Å². The van der Waals surface area contributed by atoms with Gasteiger partial charge in [-0.15, -0.1) is 5.10 Å². The van der Waals surface area contributed by atoms with Crippen molar-refractivity contribution in [3.63, 3.8) is 0 Å². The second-order valence-corrected chi connectivity index (χ2v) is 5.10. The van der Waals surface area contributed by atoms with Gasteiger partial charge in [-0.25, -0.2) is 0 Å². The molecule has 6 nitrogen and oxygen atoms in total. The summed E-state index contributed by atoms with van der Waals surface area (Å²) in [6.07, 6.45) is 0. The van der Waals surface area contributed by atoms with Crippen LogP contribution in [0.1, 0.15) is 5.82 Å². The molecule has 0 aliphatic carbocycles. The zero-order valence-electron chi connectivity index (χ0n) is 10.3. The Hall–Kier alpha value is -1.02. The fourth-order valence-corrected chi connectivity index (χ4v) is 2.28. The Kier molecular flexibility index (Phi) is 5.26. The van der Waals surface area contributed by atoms with Crippen molar-refractivity contribution in [2.24, 2.45) is 0 Å². The van der Waals surface area contributed by atoms with E-state index in [-0.39, 0.29) is 0 Å². The lowest BCUT2D eigenvalue weighted by Gasteiger charge is -2.07. The first kappa shape index (κ1) is 14.4. The summed E-state index contributed by atoms with van der Waals surface area (Å²) in [6, 6.07) is 5.56. The van der Waals surface area contributed by atoms with E-state index in [2.05, 4.69) is 36.8 Å². The van der Waals surface area contributed by atoms with Crippen molar-refractivity contribution in [2.75, 3.05) is 20.3 Å². The van der Waals surface area contributed by atoms with Gasteiger partial charge < -0.3 is 10.1 Å². The molecule has 0 radical (unpaired) electrons. The van der Waals surface area contributed by atoms with Crippen LogP contribution < -0.4 is 5.32 Å². The highest BCUT2D eigenvalue weighted by Gasteiger charge is 2.11. The lowest BCUT2D eigenvalue weighted by molar-refractivity contribution is 0.199. The summed E-state index contributed by atoms with van der Waals surface area (Å²) >= 11 is 9.56. The number of aromatic nitrogens is 4. The van der Waals surface area contributed by atoms with Crippen LogP contribution in [0.5, 0.6) is 0 Å². The molecule has 1 heterocycles. The number of rotatable bonds is 6. The molecular formula is C11H13BrClN5O. The monoisotopic (exact) mass is 345 g/mol. The number of methoxy groups -OCH3 is 1. The number of hydrogen-bond acceptors (Lipinski definition) is 5. The van der Waals surface area contributed by atoms with Gasteiger partial charge in [-0.2, -0.15) is 4.68 Å². The smallest absolute Gasteiger partial charge is 0.170 e. The van der Waals surface area contributed by atoms with Gasteiger partial charge in [-0.05, 0) is 28.6 Å². The molecule has 1 aromatic carbocycles. The van der Waals surface area contributed by atoms with Gasteiger partial charge in [0.25, 0.3) is 0 Å². The van der Waals surface area contributed by atoms with Crippen LogP contribution in [0.2, 0.25) is 5.02 Å². The predicted molar refractivity (Wildman–Crippen MR) is 75.4 cm³/mol. The number of tetrazole rings is 1. The molecule has 0 unspecified atom stereocenters. The highest BCUT2D eigenvalue weighted by atomic mass is 79.9. The van der Waals surface area contributed by atoms with Crippen LogP contribution in [0.3, 0.4) is 0 Å². The number of halogens is 2. The van der Waals surface area contributed by atoms with E-state index < -0.39 is 0 Å². The molecule has 0 saturated heterocycles. The fourth-order valence-electron chi connectivity index (χ4n) is 1.53. The third-order valence-corrected chi connectivity index (χ3v) is 3.23. The molecule has 0 spiro atoms. The fraction of sp³-hybridized carbons (Fsp3) is 0.364. The number of benzene rings is 1. The van der Waals surface area contributed by atoms with Crippen molar-refractivity contribution >= 4 is 27.5 Å². The zero-order valence-corrected chi connectivity index (χ0v) is 12.6. The van der Waals surface area contributed by atoms with Gasteiger partial charge in [0.2, 0.25) is 0 Å². The van der Waals surface area contributed by atoms with Crippen LogP contribution in [0.25, 0.3) is 5.69 Å². The molecular weight excluding hydrogens is 334 g/mol. The third-order valence-electron chi connectivity index (χ3n) is 2.44. The Labute approximate surface area is 124 Å². The minimum Gasteiger partial charge on any atom is -0.383 e. The number of nitrogens with one attached hydrogen (secondary N) is 1. The van der Waals surface area contributed by atoms with E-state index in [0.29, 0.717) is 24.0 Å². The zero-order chi connectivity index (χ0) is 13.7.